The van der Waals surface area contributed by atoms with Gasteiger partial charge in [0.1, 0.15) is 17.5 Å². The SMILES string of the molecule is O=c1[nH]c2cccc(O)c2n1C1CCCO1. The summed E-state index contributed by atoms with van der Waals surface area (Å²) in [4.78, 5) is 14.5. The van der Waals surface area contributed by atoms with E-state index in [-0.39, 0.29) is 17.7 Å². The van der Waals surface area contributed by atoms with Crippen molar-refractivity contribution in [2.45, 2.75) is 19.1 Å². The summed E-state index contributed by atoms with van der Waals surface area (Å²) < 4.78 is 6.97. The first-order chi connectivity index (χ1) is 7.77. The highest BCUT2D eigenvalue weighted by Gasteiger charge is 2.22. The normalized spacial score (nSPS) is 20.6. The largest absolute Gasteiger partial charge is 0.506 e. The number of phenols is 1. The molecule has 1 atom stereocenters. The summed E-state index contributed by atoms with van der Waals surface area (Å²) in [7, 11) is 0. The predicted molar refractivity (Wildman–Crippen MR) is 58.4 cm³/mol. The van der Waals surface area contributed by atoms with Gasteiger partial charge in [0.25, 0.3) is 0 Å². The van der Waals surface area contributed by atoms with E-state index in [0.717, 1.165) is 12.8 Å². The number of nitrogens with zero attached hydrogens (tertiary/aromatic N) is 1. The standard InChI is InChI=1S/C11H12N2O3/c14-8-4-1-3-7-10(8)13(11(15)12-7)9-5-2-6-16-9/h1,3-4,9,14H,2,5-6H2,(H,12,15). The van der Waals surface area contributed by atoms with Crippen LogP contribution in [-0.2, 0) is 4.74 Å². The minimum absolute atomic E-state index is 0.103. The van der Waals surface area contributed by atoms with Gasteiger partial charge < -0.3 is 14.8 Å². The number of nitrogens with one attached hydrogen (secondary N) is 1. The first-order valence-corrected chi connectivity index (χ1v) is 5.31. The number of fused-ring (bicyclic) bond motifs is 1. The van der Waals surface area contributed by atoms with Gasteiger partial charge in [0, 0.05) is 6.61 Å². The van der Waals surface area contributed by atoms with Crippen molar-refractivity contribution in [1.29, 1.82) is 0 Å². The van der Waals surface area contributed by atoms with Crippen LogP contribution >= 0.6 is 0 Å². The maximum Gasteiger partial charge on any atom is 0.328 e. The molecule has 2 aromatic rings. The number of aromatic hydroxyl groups is 1. The van der Waals surface area contributed by atoms with Crippen molar-refractivity contribution in [2.75, 3.05) is 6.61 Å². The zero-order valence-corrected chi connectivity index (χ0v) is 8.64. The van der Waals surface area contributed by atoms with Gasteiger partial charge in [-0.15, -0.1) is 0 Å². The first kappa shape index (κ1) is 9.47. The predicted octanol–water partition coefficient (Wildman–Crippen LogP) is 1.34. The molecule has 0 saturated carbocycles. The second kappa shape index (κ2) is 3.38. The molecule has 2 N–H and O–H groups in total. The Morgan fingerprint density at radius 3 is 3.12 bits per heavy atom. The molecule has 0 bridgehead atoms. The Morgan fingerprint density at radius 1 is 1.50 bits per heavy atom. The number of aromatic amines is 1. The third-order valence-electron chi connectivity index (χ3n) is 2.91. The summed E-state index contributed by atoms with van der Waals surface area (Å²) in [5.74, 6) is 0.103. The van der Waals surface area contributed by atoms with Gasteiger partial charge in [0.2, 0.25) is 0 Å². The Labute approximate surface area is 91.3 Å². The Hall–Kier alpha value is -1.75. The number of para-hydroxylation sites is 1. The lowest BCUT2D eigenvalue weighted by Crippen LogP contribution is -2.21. The smallest absolute Gasteiger partial charge is 0.328 e. The molecule has 0 aliphatic carbocycles. The molecule has 1 unspecified atom stereocenters. The molecule has 5 heteroatoms. The van der Waals surface area contributed by atoms with Crippen LogP contribution in [0.3, 0.4) is 0 Å². The summed E-state index contributed by atoms with van der Waals surface area (Å²) in [6, 6.07) is 5.04. The highest BCUT2D eigenvalue weighted by Crippen LogP contribution is 2.29. The number of imidazole rings is 1. The zero-order valence-electron chi connectivity index (χ0n) is 8.64. The number of hydrogen-bond donors (Lipinski definition) is 2. The average molecular weight is 220 g/mol. The molecule has 0 radical (unpaired) electrons. The Morgan fingerprint density at radius 2 is 2.38 bits per heavy atom. The Bertz CT molecular complexity index is 578. The van der Waals surface area contributed by atoms with E-state index in [0.29, 0.717) is 17.6 Å². The number of ether oxygens (including phenoxy) is 1. The quantitative estimate of drug-likeness (QED) is 0.762. The van der Waals surface area contributed by atoms with Crippen LogP contribution in [-0.4, -0.2) is 21.3 Å². The molecule has 1 aromatic carbocycles. The van der Waals surface area contributed by atoms with Crippen LogP contribution in [0.25, 0.3) is 11.0 Å². The van der Waals surface area contributed by atoms with E-state index in [2.05, 4.69) is 4.98 Å². The number of phenolic OH excluding ortho intramolecular Hbond substituents is 1. The number of rotatable bonds is 1. The van der Waals surface area contributed by atoms with Crippen LogP contribution in [0.4, 0.5) is 0 Å². The van der Waals surface area contributed by atoms with E-state index in [1.54, 1.807) is 18.2 Å². The molecule has 1 saturated heterocycles. The zero-order chi connectivity index (χ0) is 11.1. The maximum atomic E-state index is 11.8. The van der Waals surface area contributed by atoms with Crippen molar-refractivity contribution >= 4 is 11.0 Å². The van der Waals surface area contributed by atoms with Gasteiger partial charge in [-0.25, -0.2) is 4.79 Å². The van der Waals surface area contributed by atoms with E-state index in [9.17, 15) is 9.90 Å². The Kier molecular flexibility index (Phi) is 2.00. The number of aromatic nitrogens is 2. The van der Waals surface area contributed by atoms with E-state index in [1.807, 2.05) is 0 Å². The average Bonchev–Trinajstić information content (AvgIpc) is 2.84. The van der Waals surface area contributed by atoms with Crippen LogP contribution in [0.5, 0.6) is 5.75 Å². The highest BCUT2D eigenvalue weighted by atomic mass is 16.5. The topological polar surface area (TPSA) is 67.2 Å². The Balaban J connectivity index is 2.29. The fourth-order valence-electron chi connectivity index (χ4n) is 2.20. The van der Waals surface area contributed by atoms with Crippen LogP contribution < -0.4 is 5.69 Å². The van der Waals surface area contributed by atoms with Gasteiger partial charge in [-0.05, 0) is 25.0 Å². The third-order valence-corrected chi connectivity index (χ3v) is 2.91. The molecule has 2 heterocycles. The molecule has 1 aliphatic heterocycles. The van der Waals surface area contributed by atoms with Crippen molar-refractivity contribution in [1.82, 2.24) is 9.55 Å². The molecule has 5 nitrogen and oxygen atoms in total. The molecular weight excluding hydrogens is 208 g/mol. The van der Waals surface area contributed by atoms with E-state index < -0.39 is 0 Å². The highest BCUT2D eigenvalue weighted by molar-refractivity contribution is 5.81. The minimum Gasteiger partial charge on any atom is -0.506 e. The van der Waals surface area contributed by atoms with E-state index >= 15 is 0 Å². The number of hydrogen-bond acceptors (Lipinski definition) is 3. The monoisotopic (exact) mass is 220 g/mol. The van der Waals surface area contributed by atoms with Crippen molar-refractivity contribution in [2.24, 2.45) is 0 Å². The summed E-state index contributed by atoms with van der Waals surface area (Å²) in [5, 5.41) is 9.79. The lowest BCUT2D eigenvalue weighted by Gasteiger charge is -2.11. The lowest BCUT2D eigenvalue weighted by molar-refractivity contribution is 0.0571. The maximum absolute atomic E-state index is 11.8. The number of benzene rings is 1. The fraction of sp³-hybridized carbons (Fsp3) is 0.364. The summed E-state index contributed by atoms with van der Waals surface area (Å²) in [6.07, 6.45) is 1.49. The molecule has 1 aliphatic rings. The minimum atomic E-state index is -0.255. The van der Waals surface area contributed by atoms with Crippen LogP contribution in [0, 0.1) is 0 Å². The molecule has 3 rings (SSSR count). The molecule has 0 amide bonds. The van der Waals surface area contributed by atoms with Crippen molar-refractivity contribution in [3.8, 4) is 5.75 Å². The van der Waals surface area contributed by atoms with Crippen LogP contribution in [0.15, 0.2) is 23.0 Å². The van der Waals surface area contributed by atoms with Crippen molar-refractivity contribution in [3.05, 3.63) is 28.7 Å². The van der Waals surface area contributed by atoms with E-state index in [4.69, 9.17) is 4.74 Å². The molecule has 84 valence electrons. The van der Waals surface area contributed by atoms with Crippen molar-refractivity contribution in [3.63, 3.8) is 0 Å². The molecule has 1 fully saturated rings. The van der Waals surface area contributed by atoms with Crippen LogP contribution in [0.2, 0.25) is 0 Å². The molecule has 1 aromatic heterocycles. The van der Waals surface area contributed by atoms with Crippen molar-refractivity contribution < 1.29 is 9.84 Å². The third kappa shape index (κ3) is 1.25. The second-order valence-electron chi connectivity index (χ2n) is 3.94. The summed E-state index contributed by atoms with van der Waals surface area (Å²) in [5.41, 5.74) is 0.934. The van der Waals surface area contributed by atoms with Gasteiger partial charge in [-0.2, -0.15) is 0 Å². The fourth-order valence-corrected chi connectivity index (χ4v) is 2.20. The summed E-state index contributed by atoms with van der Waals surface area (Å²) in [6.45, 7) is 0.664. The summed E-state index contributed by atoms with van der Waals surface area (Å²) >= 11 is 0. The van der Waals surface area contributed by atoms with E-state index in [1.165, 1.54) is 4.57 Å². The second-order valence-corrected chi connectivity index (χ2v) is 3.94. The first-order valence-electron chi connectivity index (χ1n) is 5.31. The van der Waals surface area contributed by atoms with Gasteiger partial charge in [0.15, 0.2) is 0 Å². The van der Waals surface area contributed by atoms with Gasteiger partial charge in [0.05, 0.1) is 5.52 Å². The van der Waals surface area contributed by atoms with Crippen LogP contribution in [0.1, 0.15) is 19.1 Å². The molecule has 16 heavy (non-hydrogen) atoms. The molecular formula is C11H12N2O3. The van der Waals surface area contributed by atoms with Gasteiger partial charge in [-0.3, -0.25) is 4.57 Å². The molecule has 0 spiro atoms. The lowest BCUT2D eigenvalue weighted by atomic mass is 10.2. The van der Waals surface area contributed by atoms with Gasteiger partial charge in [-0.1, -0.05) is 6.07 Å². The number of H-pyrrole nitrogens is 1. The van der Waals surface area contributed by atoms with Gasteiger partial charge >= 0.3 is 5.69 Å².